The second-order valence-electron chi connectivity index (χ2n) is 5.78. The monoisotopic (exact) mass is 507 g/mol. The van der Waals surface area contributed by atoms with Crippen LogP contribution in [0.5, 0.6) is 0 Å². The normalized spacial score (nSPS) is 12.4. The van der Waals surface area contributed by atoms with Gasteiger partial charge in [-0.25, -0.2) is 4.98 Å². The van der Waals surface area contributed by atoms with E-state index in [0.29, 0.717) is 36.5 Å². The molecule has 1 heterocycles. The minimum Gasteiger partial charge on any atom is -0.357 e. The highest BCUT2D eigenvalue weighted by molar-refractivity contribution is 14.0. The summed E-state index contributed by atoms with van der Waals surface area (Å²) in [7, 11) is 0. The highest BCUT2D eigenvalue weighted by Gasteiger charge is 2.33. The molecule has 26 heavy (non-hydrogen) atoms. The van der Waals surface area contributed by atoms with E-state index in [1.807, 2.05) is 6.92 Å². The lowest BCUT2D eigenvalue weighted by Gasteiger charge is -2.23. The van der Waals surface area contributed by atoms with Crippen LogP contribution in [0.2, 0.25) is 0 Å². The van der Waals surface area contributed by atoms with E-state index in [0.717, 1.165) is 36.4 Å². The Morgan fingerprint density at radius 1 is 1.31 bits per heavy atom. The number of likely N-dealkylation sites (N-methyl/N-ethyl adjacent to an activating group) is 1. The number of thiazole rings is 1. The maximum Gasteiger partial charge on any atom is 0.434 e. The molecule has 0 fully saturated rings. The van der Waals surface area contributed by atoms with Gasteiger partial charge in [-0.3, -0.25) is 9.89 Å². The molecule has 152 valence electrons. The Labute approximate surface area is 174 Å². The largest absolute Gasteiger partial charge is 0.434 e. The van der Waals surface area contributed by atoms with Gasteiger partial charge in [0.05, 0.1) is 11.6 Å². The van der Waals surface area contributed by atoms with Crippen LogP contribution < -0.4 is 10.6 Å². The van der Waals surface area contributed by atoms with Crippen molar-refractivity contribution in [3.05, 3.63) is 16.1 Å². The molecule has 1 rings (SSSR count). The van der Waals surface area contributed by atoms with Crippen molar-refractivity contribution < 1.29 is 13.2 Å². The molecule has 0 amide bonds. The molecular weight excluding hydrogens is 478 g/mol. The van der Waals surface area contributed by atoms with Crippen LogP contribution in [0.25, 0.3) is 0 Å². The summed E-state index contributed by atoms with van der Waals surface area (Å²) in [5.41, 5.74) is -0.818. The zero-order valence-electron chi connectivity index (χ0n) is 15.7. The number of rotatable bonds is 9. The predicted molar refractivity (Wildman–Crippen MR) is 113 cm³/mol. The second-order valence-corrected chi connectivity index (χ2v) is 6.73. The highest BCUT2D eigenvalue weighted by atomic mass is 127. The summed E-state index contributed by atoms with van der Waals surface area (Å²) >= 11 is 1.03. The topological polar surface area (TPSA) is 52.6 Å². The molecule has 0 aromatic carbocycles. The third kappa shape index (κ3) is 9.36. The molecular formula is C16H29F3IN5S. The van der Waals surface area contributed by atoms with Gasteiger partial charge in [-0.2, -0.15) is 13.2 Å². The summed E-state index contributed by atoms with van der Waals surface area (Å²) in [4.78, 5) is 10.5. The van der Waals surface area contributed by atoms with E-state index in [1.54, 1.807) is 0 Å². The summed E-state index contributed by atoms with van der Waals surface area (Å²) in [6.45, 7) is 12.1. The molecule has 0 radical (unpaired) electrons. The molecule has 0 aliphatic carbocycles. The Kier molecular flexibility index (Phi) is 12.4. The van der Waals surface area contributed by atoms with E-state index in [4.69, 9.17) is 0 Å². The fraction of sp³-hybridized carbons (Fsp3) is 0.750. The smallest absolute Gasteiger partial charge is 0.357 e. The first-order chi connectivity index (χ1) is 11.8. The fourth-order valence-corrected chi connectivity index (χ4v) is 3.06. The molecule has 0 atom stereocenters. The lowest BCUT2D eigenvalue weighted by atomic mass is 10.3. The van der Waals surface area contributed by atoms with Crippen molar-refractivity contribution in [2.45, 2.75) is 46.3 Å². The molecule has 0 saturated carbocycles. The standard InChI is InChI=1S/C16H28F3N5S.HI/c1-5-20-15(22-9-10-24(6-2)12(3)4)21-8-7-14-23-13(11-25-14)16(17,18)19;/h11-12H,5-10H2,1-4H3,(H2,20,21,22);1H. The van der Waals surface area contributed by atoms with Crippen molar-refractivity contribution in [3.8, 4) is 0 Å². The maximum absolute atomic E-state index is 12.5. The second kappa shape index (κ2) is 12.7. The SMILES string of the molecule is CCNC(=NCCN(CC)C(C)C)NCCc1nc(C(F)(F)F)cs1.I. The summed E-state index contributed by atoms with van der Waals surface area (Å²) in [5.74, 6) is 0.676. The Bertz CT molecular complexity index is 534. The van der Waals surface area contributed by atoms with Gasteiger partial charge in [0.15, 0.2) is 11.7 Å². The van der Waals surface area contributed by atoms with Crippen molar-refractivity contribution in [1.29, 1.82) is 0 Å². The zero-order chi connectivity index (χ0) is 18.9. The van der Waals surface area contributed by atoms with E-state index >= 15 is 0 Å². The first kappa shape index (κ1) is 25.4. The minimum atomic E-state index is -4.37. The van der Waals surface area contributed by atoms with Crippen LogP contribution in [0, 0.1) is 0 Å². The van der Waals surface area contributed by atoms with Gasteiger partial charge in [0.2, 0.25) is 0 Å². The molecule has 10 heteroatoms. The number of hydrogen-bond donors (Lipinski definition) is 2. The molecule has 1 aromatic heterocycles. The van der Waals surface area contributed by atoms with E-state index < -0.39 is 11.9 Å². The van der Waals surface area contributed by atoms with Gasteiger partial charge in [0.1, 0.15) is 0 Å². The number of nitrogens with zero attached hydrogens (tertiary/aromatic N) is 3. The van der Waals surface area contributed by atoms with Crippen molar-refractivity contribution in [2.24, 2.45) is 4.99 Å². The first-order valence-corrected chi connectivity index (χ1v) is 9.43. The molecule has 1 aromatic rings. The Hall–Kier alpha value is -0.620. The van der Waals surface area contributed by atoms with Gasteiger partial charge >= 0.3 is 6.18 Å². The van der Waals surface area contributed by atoms with Crippen LogP contribution in [0.15, 0.2) is 10.4 Å². The summed E-state index contributed by atoms with van der Waals surface area (Å²) in [5, 5.41) is 7.81. The number of hydrogen-bond acceptors (Lipinski definition) is 4. The van der Waals surface area contributed by atoms with Crippen LogP contribution in [0.3, 0.4) is 0 Å². The van der Waals surface area contributed by atoms with Crippen molar-refractivity contribution in [3.63, 3.8) is 0 Å². The molecule has 0 bridgehead atoms. The van der Waals surface area contributed by atoms with E-state index in [-0.39, 0.29) is 24.0 Å². The summed E-state index contributed by atoms with van der Waals surface area (Å²) in [6.07, 6.45) is -3.95. The number of guanidine groups is 1. The van der Waals surface area contributed by atoms with Crippen LogP contribution in [-0.4, -0.2) is 54.6 Å². The number of halogens is 4. The van der Waals surface area contributed by atoms with E-state index in [1.165, 1.54) is 0 Å². The van der Waals surface area contributed by atoms with Crippen LogP contribution in [0.4, 0.5) is 13.2 Å². The summed E-state index contributed by atoms with van der Waals surface area (Å²) < 4.78 is 37.6. The quantitative estimate of drug-likeness (QED) is 0.305. The third-order valence-corrected chi connectivity index (χ3v) is 4.52. The van der Waals surface area contributed by atoms with Gasteiger partial charge in [-0.1, -0.05) is 6.92 Å². The molecule has 0 aliphatic rings. The van der Waals surface area contributed by atoms with Gasteiger partial charge < -0.3 is 10.6 Å². The molecule has 0 aliphatic heterocycles. The average molecular weight is 507 g/mol. The number of nitrogens with one attached hydrogen (secondary N) is 2. The summed E-state index contributed by atoms with van der Waals surface area (Å²) in [6, 6.07) is 0.475. The lowest BCUT2D eigenvalue weighted by Crippen LogP contribution is -2.39. The lowest BCUT2D eigenvalue weighted by molar-refractivity contribution is -0.140. The van der Waals surface area contributed by atoms with Gasteiger partial charge in [0.25, 0.3) is 0 Å². The minimum absolute atomic E-state index is 0. The Morgan fingerprint density at radius 3 is 2.50 bits per heavy atom. The van der Waals surface area contributed by atoms with Crippen molar-refractivity contribution >= 4 is 41.3 Å². The van der Waals surface area contributed by atoms with Crippen LogP contribution in [-0.2, 0) is 12.6 Å². The van der Waals surface area contributed by atoms with E-state index in [2.05, 4.69) is 46.3 Å². The Balaban J connectivity index is 0.00000625. The van der Waals surface area contributed by atoms with Gasteiger partial charge in [-0.15, -0.1) is 35.3 Å². The molecule has 5 nitrogen and oxygen atoms in total. The third-order valence-electron chi connectivity index (χ3n) is 3.61. The first-order valence-electron chi connectivity index (χ1n) is 8.55. The van der Waals surface area contributed by atoms with Crippen molar-refractivity contribution in [1.82, 2.24) is 20.5 Å². The number of aliphatic imine (C=N–C) groups is 1. The fourth-order valence-electron chi connectivity index (χ4n) is 2.26. The molecule has 0 saturated heterocycles. The molecule has 2 N–H and O–H groups in total. The van der Waals surface area contributed by atoms with Crippen molar-refractivity contribution in [2.75, 3.05) is 32.7 Å². The molecule has 0 unspecified atom stereocenters. The highest BCUT2D eigenvalue weighted by Crippen LogP contribution is 2.29. The maximum atomic E-state index is 12.5. The zero-order valence-corrected chi connectivity index (χ0v) is 18.8. The molecule has 0 spiro atoms. The van der Waals surface area contributed by atoms with Gasteiger partial charge in [-0.05, 0) is 27.3 Å². The van der Waals surface area contributed by atoms with Crippen LogP contribution in [0.1, 0.15) is 38.4 Å². The average Bonchev–Trinajstić information content (AvgIpc) is 3.00. The predicted octanol–water partition coefficient (Wildman–Crippen LogP) is 3.61. The Morgan fingerprint density at radius 2 is 2.00 bits per heavy atom. The number of alkyl halides is 3. The van der Waals surface area contributed by atoms with Gasteiger partial charge in [0, 0.05) is 37.5 Å². The van der Waals surface area contributed by atoms with E-state index in [9.17, 15) is 13.2 Å². The van der Waals surface area contributed by atoms with Crippen LogP contribution >= 0.6 is 35.3 Å². The number of aromatic nitrogens is 1.